The van der Waals surface area contributed by atoms with Crippen LogP contribution >= 0.6 is 15.9 Å². The van der Waals surface area contributed by atoms with E-state index in [4.69, 9.17) is 9.47 Å². The van der Waals surface area contributed by atoms with E-state index in [9.17, 15) is 5.11 Å². The van der Waals surface area contributed by atoms with Gasteiger partial charge >= 0.3 is 0 Å². The van der Waals surface area contributed by atoms with Crippen molar-refractivity contribution in [1.29, 1.82) is 0 Å². The van der Waals surface area contributed by atoms with Crippen LogP contribution in [-0.2, 0) is 11.3 Å². The Kier molecular flexibility index (Phi) is 8.05. The van der Waals surface area contributed by atoms with Gasteiger partial charge in [0.1, 0.15) is 5.75 Å². The fourth-order valence-electron chi connectivity index (χ4n) is 1.66. The quantitative estimate of drug-likeness (QED) is 0.729. The van der Waals surface area contributed by atoms with Crippen LogP contribution in [-0.4, -0.2) is 38.1 Å². The van der Waals surface area contributed by atoms with Gasteiger partial charge in [0.05, 0.1) is 19.3 Å². The van der Waals surface area contributed by atoms with Gasteiger partial charge in [-0.1, -0.05) is 22.9 Å². The van der Waals surface area contributed by atoms with Gasteiger partial charge in [-0.25, -0.2) is 0 Å². The summed E-state index contributed by atoms with van der Waals surface area (Å²) in [5, 5.41) is 12.8. The molecular weight excluding hydrogens is 310 g/mol. The van der Waals surface area contributed by atoms with Crippen LogP contribution in [0.25, 0.3) is 0 Å². The van der Waals surface area contributed by atoms with E-state index in [-0.39, 0.29) is 0 Å². The van der Waals surface area contributed by atoms with Crippen molar-refractivity contribution in [3.05, 3.63) is 28.2 Å². The number of hydrogen-bond acceptors (Lipinski definition) is 4. The summed E-state index contributed by atoms with van der Waals surface area (Å²) in [6.07, 6.45) is 0.493. The number of aliphatic hydroxyl groups excluding tert-OH is 1. The average molecular weight is 332 g/mol. The minimum absolute atomic E-state index is 0.338. The molecule has 0 aliphatic carbocycles. The Bertz CT molecular complexity index is 374. The van der Waals surface area contributed by atoms with Crippen LogP contribution in [0.5, 0.6) is 5.75 Å². The van der Waals surface area contributed by atoms with E-state index in [1.54, 1.807) is 7.11 Å². The Balaban J connectivity index is 2.52. The first-order chi connectivity index (χ1) is 9.17. The van der Waals surface area contributed by atoms with Crippen LogP contribution < -0.4 is 10.1 Å². The lowest BCUT2D eigenvalue weighted by molar-refractivity contribution is 0.0643. The predicted molar refractivity (Wildman–Crippen MR) is 79.5 cm³/mol. The highest BCUT2D eigenvalue weighted by molar-refractivity contribution is 9.10. The molecule has 0 fully saturated rings. The SMILES string of the molecule is CCCOc1ccc(Br)cc1CNCC(O)COC. The number of nitrogens with one attached hydrogen (secondary N) is 1. The summed E-state index contributed by atoms with van der Waals surface area (Å²) < 4.78 is 11.6. The first-order valence-corrected chi connectivity index (χ1v) is 7.25. The smallest absolute Gasteiger partial charge is 0.123 e. The minimum atomic E-state index is -0.489. The van der Waals surface area contributed by atoms with Crippen molar-refractivity contribution >= 4 is 15.9 Å². The van der Waals surface area contributed by atoms with Crippen molar-refractivity contribution in [2.75, 3.05) is 26.9 Å². The van der Waals surface area contributed by atoms with Crippen LogP contribution in [0.1, 0.15) is 18.9 Å². The molecule has 4 nitrogen and oxygen atoms in total. The molecule has 19 heavy (non-hydrogen) atoms. The van der Waals surface area contributed by atoms with Crippen LogP contribution in [0.4, 0.5) is 0 Å². The summed E-state index contributed by atoms with van der Waals surface area (Å²) in [4.78, 5) is 0. The molecule has 0 aromatic heterocycles. The van der Waals surface area contributed by atoms with Gasteiger partial charge in [-0.3, -0.25) is 0 Å². The Hall–Kier alpha value is -0.620. The molecule has 0 spiro atoms. The Morgan fingerprint density at radius 3 is 2.89 bits per heavy atom. The zero-order valence-electron chi connectivity index (χ0n) is 11.5. The Labute approximate surface area is 123 Å². The molecule has 0 radical (unpaired) electrons. The molecule has 0 saturated carbocycles. The molecule has 0 bridgehead atoms. The number of methoxy groups -OCH3 is 1. The third-order valence-electron chi connectivity index (χ3n) is 2.54. The van der Waals surface area contributed by atoms with E-state index in [0.717, 1.165) is 22.2 Å². The summed E-state index contributed by atoms with van der Waals surface area (Å²) in [6, 6.07) is 5.96. The average Bonchev–Trinajstić information content (AvgIpc) is 2.38. The summed E-state index contributed by atoms with van der Waals surface area (Å²) in [5.74, 6) is 0.888. The van der Waals surface area contributed by atoms with Crippen LogP contribution in [0, 0.1) is 0 Å². The maximum absolute atomic E-state index is 9.56. The van der Waals surface area contributed by atoms with E-state index in [1.165, 1.54) is 0 Å². The normalized spacial score (nSPS) is 12.4. The molecule has 1 aromatic rings. The van der Waals surface area contributed by atoms with Crippen molar-refractivity contribution in [2.45, 2.75) is 26.0 Å². The van der Waals surface area contributed by atoms with Gasteiger partial charge in [0.15, 0.2) is 0 Å². The Morgan fingerprint density at radius 1 is 1.42 bits per heavy atom. The summed E-state index contributed by atoms with van der Waals surface area (Å²) in [5.41, 5.74) is 1.08. The molecule has 0 aliphatic rings. The first-order valence-electron chi connectivity index (χ1n) is 6.46. The fourth-order valence-corrected chi connectivity index (χ4v) is 2.07. The maximum Gasteiger partial charge on any atom is 0.123 e. The molecule has 0 heterocycles. The topological polar surface area (TPSA) is 50.7 Å². The summed E-state index contributed by atoms with van der Waals surface area (Å²) in [6.45, 7) is 4.27. The second-order valence-corrected chi connectivity index (χ2v) is 5.26. The van der Waals surface area contributed by atoms with Gasteiger partial charge < -0.3 is 19.9 Å². The highest BCUT2D eigenvalue weighted by Crippen LogP contribution is 2.23. The van der Waals surface area contributed by atoms with Crippen LogP contribution in [0.15, 0.2) is 22.7 Å². The molecule has 5 heteroatoms. The van der Waals surface area contributed by atoms with E-state index in [2.05, 4.69) is 28.2 Å². The standard InChI is InChI=1S/C14H22BrNO3/c1-3-6-19-14-5-4-12(15)7-11(14)8-16-9-13(17)10-18-2/h4-5,7,13,16-17H,3,6,8-10H2,1-2H3. The van der Waals surface area contributed by atoms with Crippen molar-refractivity contribution < 1.29 is 14.6 Å². The van der Waals surface area contributed by atoms with Gasteiger partial charge in [-0.05, 0) is 24.6 Å². The largest absolute Gasteiger partial charge is 0.493 e. The zero-order chi connectivity index (χ0) is 14.1. The van der Waals surface area contributed by atoms with Gasteiger partial charge in [0, 0.05) is 30.2 Å². The van der Waals surface area contributed by atoms with E-state index in [1.807, 2.05) is 18.2 Å². The van der Waals surface area contributed by atoms with Gasteiger partial charge in [0.25, 0.3) is 0 Å². The molecule has 1 unspecified atom stereocenters. The highest BCUT2D eigenvalue weighted by Gasteiger charge is 2.06. The number of rotatable bonds is 9. The summed E-state index contributed by atoms with van der Waals surface area (Å²) in [7, 11) is 1.58. The van der Waals surface area contributed by atoms with Crippen molar-refractivity contribution in [3.63, 3.8) is 0 Å². The summed E-state index contributed by atoms with van der Waals surface area (Å²) >= 11 is 3.46. The number of halogens is 1. The van der Waals surface area contributed by atoms with Gasteiger partial charge in [-0.15, -0.1) is 0 Å². The second kappa shape index (κ2) is 9.31. The van der Waals surface area contributed by atoms with Crippen LogP contribution in [0.2, 0.25) is 0 Å². The molecule has 1 atom stereocenters. The second-order valence-electron chi connectivity index (χ2n) is 4.34. The van der Waals surface area contributed by atoms with Gasteiger partial charge in [-0.2, -0.15) is 0 Å². The number of hydrogen-bond donors (Lipinski definition) is 2. The molecule has 2 N–H and O–H groups in total. The number of aliphatic hydroxyl groups is 1. The fraction of sp³-hybridized carbons (Fsp3) is 0.571. The van der Waals surface area contributed by atoms with Crippen molar-refractivity contribution in [1.82, 2.24) is 5.32 Å². The van der Waals surface area contributed by atoms with E-state index >= 15 is 0 Å². The maximum atomic E-state index is 9.56. The molecule has 0 aliphatic heterocycles. The molecule has 0 amide bonds. The molecule has 0 saturated heterocycles. The monoisotopic (exact) mass is 331 g/mol. The number of benzene rings is 1. The lowest BCUT2D eigenvalue weighted by Crippen LogP contribution is -2.29. The van der Waals surface area contributed by atoms with Crippen molar-refractivity contribution in [3.8, 4) is 5.75 Å². The molecule has 108 valence electrons. The van der Waals surface area contributed by atoms with Gasteiger partial charge in [0.2, 0.25) is 0 Å². The molecule has 1 rings (SSSR count). The van der Waals surface area contributed by atoms with Crippen LogP contribution in [0.3, 0.4) is 0 Å². The minimum Gasteiger partial charge on any atom is -0.493 e. The lowest BCUT2D eigenvalue weighted by atomic mass is 10.2. The first kappa shape index (κ1) is 16.4. The third kappa shape index (κ3) is 6.38. The van der Waals surface area contributed by atoms with E-state index in [0.29, 0.717) is 26.3 Å². The molecular formula is C14H22BrNO3. The van der Waals surface area contributed by atoms with Crippen molar-refractivity contribution in [2.24, 2.45) is 0 Å². The zero-order valence-corrected chi connectivity index (χ0v) is 13.1. The Morgan fingerprint density at radius 2 is 2.21 bits per heavy atom. The third-order valence-corrected chi connectivity index (χ3v) is 3.03. The predicted octanol–water partition coefficient (Wildman–Crippen LogP) is 2.33. The molecule has 1 aromatic carbocycles. The number of ether oxygens (including phenoxy) is 2. The van der Waals surface area contributed by atoms with E-state index < -0.39 is 6.10 Å². The lowest BCUT2D eigenvalue weighted by Gasteiger charge is -2.14. The highest BCUT2D eigenvalue weighted by atomic mass is 79.9.